The molecule has 20 heavy (non-hydrogen) atoms. The van der Waals surface area contributed by atoms with Gasteiger partial charge in [-0.3, -0.25) is 14.9 Å². The molecule has 0 aliphatic rings. The van der Waals surface area contributed by atoms with Crippen LogP contribution in [0.1, 0.15) is 37.0 Å². The van der Waals surface area contributed by atoms with Crippen LogP contribution in [-0.4, -0.2) is 23.9 Å². The fraction of sp³-hybridized carbons (Fsp3) is 0.462. The molecular formula is C13H18ClN3O3. The van der Waals surface area contributed by atoms with Gasteiger partial charge >= 0.3 is 0 Å². The number of carbonyl (C=O) groups is 1. The van der Waals surface area contributed by atoms with E-state index in [0.29, 0.717) is 13.1 Å². The molecule has 1 aromatic carbocycles. The molecule has 7 heteroatoms. The standard InChI is InChI=1S/C13H18ClN3O3/c1-3-5-15-12-10(14)7-9(8-11(12)17(19)20)13(18)16-6-4-2/h7-8,15H,3-6H2,1-2H3,(H,16,18). The van der Waals surface area contributed by atoms with E-state index in [1.165, 1.54) is 12.1 Å². The van der Waals surface area contributed by atoms with Crippen molar-refractivity contribution in [1.29, 1.82) is 0 Å². The SMILES string of the molecule is CCCNC(=O)c1cc(Cl)c(NCCC)c([N+](=O)[O-])c1. The summed E-state index contributed by atoms with van der Waals surface area (Å²) < 4.78 is 0. The van der Waals surface area contributed by atoms with E-state index in [4.69, 9.17) is 11.6 Å². The lowest BCUT2D eigenvalue weighted by atomic mass is 10.1. The minimum Gasteiger partial charge on any atom is -0.378 e. The Morgan fingerprint density at radius 1 is 1.30 bits per heavy atom. The maximum atomic E-state index is 11.8. The van der Waals surface area contributed by atoms with Crippen molar-refractivity contribution in [3.05, 3.63) is 32.8 Å². The Hall–Kier alpha value is -1.82. The molecule has 6 nitrogen and oxygen atoms in total. The second-order valence-corrected chi connectivity index (χ2v) is 4.70. The number of anilines is 1. The van der Waals surface area contributed by atoms with Gasteiger partial charge in [0, 0.05) is 24.7 Å². The third kappa shape index (κ3) is 4.09. The van der Waals surface area contributed by atoms with E-state index in [-0.39, 0.29) is 27.9 Å². The molecule has 0 fully saturated rings. The number of carbonyl (C=O) groups excluding carboxylic acids is 1. The largest absolute Gasteiger partial charge is 0.378 e. The molecule has 0 spiro atoms. The molecule has 0 aliphatic heterocycles. The van der Waals surface area contributed by atoms with Crippen LogP contribution in [0.15, 0.2) is 12.1 Å². The third-order valence-electron chi connectivity index (χ3n) is 2.62. The molecule has 0 aliphatic carbocycles. The van der Waals surface area contributed by atoms with Gasteiger partial charge in [0.15, 0.2) is 0 Å². The molecule has 1 rings (SSSR count). The molecule has 0 unspecified atom stereocenters. The van der Waals surface area contributed by atoms with Crippen molar-refractivity contribution in [3.63, 3.8) is 0 Å². The van der Waals surface area contributed by atoms with Gasteiger partial charge in [0.25, 0.3) is 11.6 Å². The average molecular weight is 300 g/mol. The zero-order valence-electron chi connectivity index (χ0n) is 11.5. The highest BCUT2D eigenvalue weighted by Crippen LogP contribution is 2.33. The summed E-state index contributed by atoms with van der Waals surface area (Å²) in [6.45, 7) is 4.95. The lowest BCUT2D eigenvalue weighted by Crippen LogP contribution is -2.24. The second kappa shape index (κ2) is 7.69. The Morgan fingerprint density at radius 2 is 1.95 bits per heavy atom. The highest BCUT2D eigenvalue weighted by Gasteiger charge is 2.21. The van der Waals surface area contributed by atoms with Crippen molar-refractivity contribution in [2.75, 3.05) is 18.4 Å². The van der Waals surface area contributed by atoms with Crippen LogP contribution in [0.3, 0.4) is 0 Å². The van der Waals surface area contributed by atoms with E-state index in [9.17, 15) is 14.9 Å². The number of nitro groups is 1. The van der Waals surface area contributed by atoms with E-state index in [2.05, 4.69) is 10.6 Å². The number of halogens is 1. The van der Waals surface area contributed by atoms with Gasteiger partial charge in [0.2, 0.25) is 0 Å². The molecule has 0 saturated carbocycles. The van der Waals surface area contributed by atoms with Gasteiger partial charge in [0.1, 0.15) is 5.69 Å². The van der Waals surface area contributed by atoms with Crippen LogP contribution in [0, 0.1) is 10.1 Å². The van der Waals surface area contributed by atoms with Crippen LogP contribution in [0.5, 0.6) is 0 Å². The molecule has 0 bridgehead atoms. The Balaban J connectivity index is 3.12. The van der Waals surface area contributed by atoms with Gasteiger partial charge in [-0.05, 0) is 18.9 Å². The maximum Gasteiger partial charge on any atom is 0.294 e. The number of rotatable bonds is 7. The van der Waals surface area contributed by atoms with Crippen molar-refractivity contribution in [2.45, 2.75) is 26.7 Å². The number of hydrogen-bond donors (Lipinski definition) is 2. The Bertz CT molecular complexity index is 506. The molecule has 0 radical (unpaired) electrons. The average Bonchev–Trinajstić information content (AvgIpc) is 2.42. The maximum absolute atomic E-state index is 11.8. The number of nitrogens with one attached hydrogen (secondary N) is 2. The number of nitrogens with zero attached hydrogens (tertiary/aromatic N) is 1. The summed E-state index contributed by atoms with van der Waals surface area (Å²) in [6.07, 6.45) is 1.60. The van der Waals surface area contributed by atoms with E-state index < -0.39 is 4.92 Å². The minimum absolute atomic E-state index is 0.175. The number of benzene rings is 1. The summed E-state index contributed by atoms with van der Waals surface area (Å²) in [7, 11) is 0. The summed E-state index contributed by atoms with van der Waals surface area (Å²) in [5.41, 5.74) is 0.260. The lowest BCUT2D eigenvalue weighted by Gasteiger charge is -2.10. The minimum atomic E-state index is -0.541. The van der Waals surface area contributed by atoms with Crippen LogP contribution in [0.4, 0.5) is 11.4 Å². The van der Waals surface area contributed by atoms with Crippen LogP contribution in [0.2, 0.25) is 5.02 Å². The van der Waals surface area contributed by atoms with Crippen molar-refractivity contribution >= 4 is 28.9 Å². The summed E-state index contributed by atoms with van der Waals surface area (Å²) in [5.74, 6) is -0.362. The fourth-order valence-corrected chi connectivity index (χ4v) is 1.91. The molecule has 0 saturated heterocycles. The Morgan fingerprint density at radius 3 is 2.50 bits per heavy atom. The lowest BCUT2D eigenvalue weighted by molar-refractivity contribution is -0.384. The highest BCUT2D eigenvalue weighted by molar-refractivity contribution is 6.34. The van der Waals surface area contributed by atoms with Crippen molar-refractivity contribution < 1.29 is 9.72 Å². The van der Waals surface area contributed by atoms with Gasteiger partial charge in [-0.25, -0.2) is 0 Å². The van der Waals surface area contributed by atoms with Gasteiger partial charge in [0.05, 0.1) is 9.95 Å². The summed E-state index contributed by atoms with van der Waals surface area (Å²) in [5, 5.41) is 16.9. The van der Waals surface area contributed by atoms with Crippen LogP contribution >= 0.6 is 11.6 Å². The van der Waals surface area contributed by atoms with Crippen molar-refractivity contribution in [2.24, 2.45) is 0 Å². The summed E-state index contributed by atoms with van der Waals surface area (Å²) in [4.78, 5) is 22.4. The van der Waals surface area contributed by atoms with Gasteiger partial charge in [-0.15, -0.1) is 0 Å². The zero-order valence-corrected chi connectivity index (χ0v) is 12.3. The van der Waals surface area contributed by atoms with Crippen molar-refractivity contribution in [1.82, 2.24) is 5.32 Å². The molecule has 0 heterocycles. The molecule has 0 aromatic heterocycles. The summed E-state index contributed by atoms with van der Waals surface area (Å²) in [6, 6.07) is 2.69. The van der Waals surface area contributed by atoms with Gasteiger partial charge < -0.3 is 10.6 Å². The predicted molar refractivity (Wildman–Crippen MR) is 79.5 cm³/mol. The van der Waals surface area contributed by atoms with E-state index in [1.54, 1.807) is 0 Å². The molecule has 0 atom stereocenters. The number of hydrogen-bond acceptors (Lipinski definition) is 4. The number of amides is 1. The zero-order chi connectivity index (χ0) is 15.1. The van der Waals surface area contributed by atoms with Gasteiger partial charge in [-0.1, -0.05) is 25.4 Å². The van der Waals surface area contributed by atoms with E-state index >= 15 is 0 Å². The first kappa shape index (κ1) is 16.2. The first-order chi connectivity index (χ1) is 9.51. The fourth-order valence-electron chi connectivity index (χ4n) is 1.63. The van der Waals surface area contributed by atoms with Crippen molar-refractivity contribution in [3.8, 4) is 0 Å². The Labute approximate surface area is 122 Å². The Kier molecular flexibility index (Phi) is 6.24. The second-order valence-electron chi connectivity index (χ2n) is 4.29. The first-order valence-corrected chi connectivity index (χ1v) is 6.89. The smallest absolute Gasteiger partial charge is 0.294 e. The molecular weight excluding hydrogens is 282 g/mol. The first-order valence-electron chi connectivity index (χ1n) is 6.51. The monoisotopic (exact) mass is 299 g/mol. The molecule has 110 valence electrons. The topological polar surface area (TPSA) is 84.3 Å². The predicted octanol–water partition coefficient (Wildman–Crippen LogP) is 3.21. The number of nitro benzene ring substituents is 1. The third-order valence-corrected chi connectivity index (χ3v) is 2.91. The summed E-state index contributed by atoms with van der Waals surface area (Å²) >= 11 is 6.05. The van der Waals surface area contributed by atoms with Crippen LogP contribution < -0.4 is 10.6 Å². The quantitative estimate of drug-likeness (QED) is 0.598. The molecule has 1 aromatic rings. The van der Waals surface area contributed by atoms with Gasteiger partial charge in [-0.2, -0.15) is 0 Å². The van der Waals surface area contributed by atoms with E-state index in [1.807, 2.05) is 13.8 Å². The molecule has 1 amide bonds. The van der Waals surface area contributed by atoms with Crippen LogP contribution in [-0.2, 0) is 0 Å². The van der Waals surface area contributed by atoms with E-state index in [0.717, 1.165) is 12.8 Å². The molecule has 2 N–H and O–H groups in total. The van der Waals surface area contributed by atoms with Crippen LogP contribution in [0.25, 0.3) is 0 Å². The highest BCUT2D eigenvalue weighted by atomic mass is 35.5. The normalized spacial score (nSPS) is 10.2.